The first kappa shape index (κ1) is 93.1. The van der Waals surface area contributed by atoms with Gasteiger partial charge in [0.25, 0.3) is 0 Å². The molecule has 0 aromatic rings. The minimum absolute atomic E-state index is 0.104. The van der Waals surface area contributed by atoms with Crippen LogP contribution in [-0.2, 0) is 65.4 Å². The number of aliphatic hydroxyl groups excluding tert-OH is 1. The molecule has 0 spiro atoms. The Balaban J connectivity index is 5.24. The second-order valence-electron chi connectivity index (χ2n) is 28.8. The van der Waals surface area contributed by atoms with Crippen LogP contribution in [0.2, 0.25) is 0 Å². The smallest absolute Gasteiger partial charge is 0.462 e. The number of aliphatic hydroxyl groups is 1. The highest BCUT2D eigenvalue weighted by molar-refractivity contribution is 7.47. The summed E-state index contributed by atoms with van der Waals surface area (Å²) >= 11 is 0. The maximum absolute atomic E-state index is 13.1. The summed E-state index contributed by atoms with van der Waals surface area (Å²) in [5, 5.41) is 10.6. The molecular weight excluding hydrogens is 1250 g/mol. The zero-order valence-electron chi connectivity index (χ0n) is 62.1. The molecule has 19 heteroatoms. The van der Waals surface area contributed by atoms with Crippen LogP contribution in [0.4, 0.5) is 0 Å². The van der Waals surface area contributed by atoms with Gasteiger partial charge in [-0.2, -0.15) is 0 Å². The van der Waals surface area contributed by atoms with E-state index in [0.29, 0.717) is 25.7 Å². The molecule has 0 heterocycles. The largest absolute Gasteiger partial charge is 0.472 e. The van der Waals surface area contributed by atoms with Gasteiger partial charge in [-0.15, -0.1) is 0 Å². The average Bonchev–Trinajstić information content (AvgIpc) is 2.39. The molecule has 0 aromatic heterocycles. The Morgan fingerprint density at radius 2 is 0.484 bits per heavy atom. The minimum atomic E-state index is -4.96. The SMILES string of the molecule is CCCCCCCCCCCCCCCCCCCCC(=O)O[C@H](COC(=O)CCCCCCCCCCCCCCC(C)C)COP(=O)(O)OC[C@@H](O)COP(=O)(O)OC[C@@H](COC(=O)CCCCCCCCCCC(C)C)OC(=O)CCCCCCCCCCC(C)C. The van der Waals surface area contributed by atoms with Gasteiger partial charge >= 0.3 is 39.5 Å². The summed E-state index contributed by atoms with van der Waals surface area (Å²) in [6.45, 7) is 11.8. The van der Waals surface area contributed by atoms with Gasteiger partial charge in [0.2, 0.25) is 0 Å². The van der Waals surface area contributed by atoms with E-state index in [4.69, 9.17) is 37.0 Å². The van der Waals surface area contributed by atoms with E-state index < -0.39 is 97.5 Å². The predicted octanol–water partition coefficient (Wildman–Crippen LogP) is 22.2. The molecule has 0 saturated carbocycles. The summed E-state index contributed by atoms with van der Waals surface area (Å²) in [6.07, 6.45) is 52.8. The fourth-order valence-corrected chi connectivity index (χ4v) is 13.2. The van der Waals surface area contributed by atoms with Gasteiger partial charge in [0.1, 0.15) is 19.3 Å². The summed E-state index contributed by atoms with van der Waals surface area (Å²) in [6, 6.07) is 0. The maximum Gasteiger partial charge on any atom is 0.472 e. The lowest BCUT2D eigenvalue weighted by Gasteiger charge is -2.21. The number of ether oxygens (including phenoxy) is 4. The Hall–Kier alpha value is -1.94. The first-order valence-electron chi connectivity index (χ1n) is 39.3. The molecule has 0 aliphatic rings. The van der Waals surface area contributed by atoms with Gasteiger partial charge in [0.15, 0.2) is 12.2 Å². The molecule has 0 saturated heterocycles. The molecule has 3 N–H and O–H groups in total. The van der Waals surface area contributed by atoms with Crippen LogP contribution < -0.4 is 0 Å². The summed E-state index contributed by atoms with van der Waals surface area (Å²) < 4.78 is 68.5. The van der Waals surface area contributed by atoms with E-state index in [1.165, 1.54) is 199 Å². The van der Waals surface area contributed by atoms with E-state index in [0.717, 1.165) is 108 Å². The molecule has 0 bridgehead atoms. The standard InChI is InChI=1S/C76H148O17P2/c1-8-9-10-11-12-13-14-15-16-17-18-19-20-25-28-38-45-52-59-75(80)92-71(63-86-73(78)57-50-43-36-27-24-22-21-23-26-33-40-47-54-67(2)3)65-90-94(82,83)88-61-70(77)62-89-95(84,85)91-66-72(93-76(81)60-53-46-39-32-30-35-42-49-56-69(6)7)64-87-74(79)58-51-44-37-31-29-34-41-48-55-68(4)5/h67-72,77H,8-66H2,1-7H3,(H,82,83)(H,84,85)/t70-,71-,72-/m1/s1. The van der Waals surface area contributed by atoms with Gasteiger partial charge in [0.05, 0.1) is 26.4 Å². The van der Waals surface area contributed by atoms with E-state index in [9.17, 15) is 43.2 Å². The van der Waals surface area contributed by atoms with Crippen molar-refractivity contribution < 1.29 is 80.2 Å². The molecule has 0 amide bonds. The highest BCUT2D eigenvalue weighted by Crippen LogP contribution is 2.45. The highest BCUT2D eigenvalue weighted by atomic mass is 31.2. The number of phosphoric ester groups is 2. The normalized spacial score (nSPS) is 14.1. The van der Waals surface area contributed by atoms with E-state index in [1.807, 2.05) is 0 Å². The number of phosphoric acid groups is 2. The van der Waals surface area contributed by atoms with Crippen LogP contribution in [0.5, 0.6) is 0 Å². The quantitative estimate of drug-likeness (QED) is 0.0222. The number of carbonyl (C=O) groups is 4. The number of rotatable bonds is 74. The molecule has 0 radical (unpaired) electrons. The van der Waals surface area contributed by atoms with Crippen molar-refractivity contribution in [2.45, 2.75) is 407 Å². The fraction of sp³-hybridized carbons (Fsp3) is 0.947. The number of unbranched alkanes of at least 4 members (excludes halogenated alkanes) is 42. The average molecular weight is 1400 g/mol. The summed E-state index contributed by atoms with van der Waals surface area (Å²) in [4.78, 5) is 72.8. The Labute approximate surface area is 581 Å². The molecule has 5 atom stereocenters. The topological polar surface area (TPSA) is 237 Å². The van der Waals surface area contributed by atoms with E-state index in [-0.39, 0.29) is 25.7 Å². The van der Waals surface area contributed by atoms with Gasteiger partial charge in [-0.05, 0) is 43.4 Å². The van der Waals surface area contributed by atoms with Crippen molar-refractivity contribution in [2.75, 3.05) is 39.6 Å². The third-order valence-corrected chi connectivity index (χ3v) is 19.5. The van der Waals surface area contributed by atoms with Crippen LogP contribution in [0.15, 0.2) is 0 Å². The van der Waals surface area contributed by atoms with Gasteiger partial charge in [-0.25, -0.2) is 9.13 Å². The highest BCUT2D eigenvalue weighted by Gasteiger charge is 2.30. The van der Waals surface area contributed by atoms with Crippen molar-refractivity contribution >= 4 is 39.5 Å². The summed E-state index contributed by atoms with van der Waals surface area (Å²) in [5.74, 6) is 0.107. The lowest BCUT2D eigenvalue weighted by molar-refractivity contribution is -0.161. The van der Waals surface area contributed by atoms with Crippen molar-refractivity contribution in [3.05, 3.63) is 0 Å². The van der Waals surface area contributed by atoms with E-state index in [1.54, 1.807) is 0 Å². The molecule has 17 nitrogen and oxygen atoms in total. The monoisotopic (exact) mass is 1400 g/mol. The molecule has 564 valence electrons. The first-order chi connectivity index (χ1) is 45.7. The molecule has 0 rings (SSSR count). The predicted molar refractivity (Wildman–Crippen MR) is 386 cm³/mol. The van der Waals surface area contributed by atoms with Gasteiger partial charge in [-0.1, -0.05) is 337 Å². The lowest BCUT2D eigenvalue weighted by Crippen LogP contribution is -2.30. The minimum Gasteiger partial charge on any atom is -0.462 e. The molecule has 0 aromatic carbocycles. The van der Waals surface area contributed by atoms with E-state index >= 15 is 0 Å². The van der Waals surface area contributed by atoms with Crippen molar-refractivity contribution in [1.82, 2.24) is 0 Å². The van der Waals surface area contributed by atoms with Gasteiger partial charge in [0, 0.05) is 25.7 Å². The van der Waals surface area contributed by atoms with Crippen molar-refractivity contribution in [3.63, 3.8) is 0 Å². The maximum atomic E-state index is 13.1. The summed E-state index contributed by atoms with van der Waals surface area (Å²) in [7, 11) is -9.91. The Morgan fingerprint density at radius 3 is 0.716 bits per heavy atom. The zero-order valence-corrected chi connectivity index (χ0v) is 63.9. The molecule has 0 aliphatic heterocycles. The molecule has 0 fully saturated rings. The number of hydrogen-bond acceptors (Lipinski definition) is 15. The first-order valence-corrected chi connectivity index (χ1v) is 42.3. The molecule has 2 unspecified atom stereocenters. The number of esters is 4. The van der Waals surface area contributed by atoms with Crippen molar-refractivity contribution in [1.29, 1.82) is 0 Å². The van der Waals surface area contributed by atoms with Gasteiger partial charge < -0.3 is 33.8 Å². The fourth-order valence-electron chi connectivity index (χ4n) is 11.6. The van der Waals surface area contributed by atoms with Crippen LogP contribution in [0.25, 0.3) is 0 Å². The van der Waals surface area contributed by atoms with Crippen molar-refractivity contribution in [2.24, 2.45) is 17.8 Å². The van der Waals surface area contributed by atoms with Gasteiger partial charge in [-0.3, -0.25) is 37.3 Å². The van der Waals surface area contributed by atoms with E-state index in [2.05, 4.69) is 48.5 Å². The van der Waals surface area contributed by atoms with Crippen molar-refractivity contribution in [3.8, 4) is 0 Å². The van der Waals surface area contributed by atoms with Crippen LogP contribution in [-0.4, -0.2) is 96.7 Å². The molecular formula is C76H148O17P2. The van der Waals surface area contributed by atoms with Crippen LogP contribution in [0.3, 0.4) is 0 Å². The second-order valence-corrected chi connectivity index (χ2v) is 31.7. The Kier molecular flexibility index (Phi) is 65.2. The van der Waals surface area contributed by atoms with Crippen LogP contribution in [0, 0.1) is 17.8 Å². The number of carbonyl (C=O) groups excluding carboxylic acids is 4. The third kappa shape index (κ3) is 70.3. The Bertz CT molecular complexity index is 1850. The van der Waals surface area contributed by atoms with Crippen LogP contribution in [0.1, 0.15) is 389 Å². The molecule has 0 aliphatic carbocycles. The Morgan fingerprint density at radius 1 is 0.284 bits per heavy atom. The van der Waals surface area contributed by atoms with Crippen LogP contribution >= 0.6 is 15.6 Å². The zero-order chi connectivity index (χ0) is 70.1. The summed E-state index contributed by atoms with van der Waals surface area (Å²) in [5.41, 5.74) is 0. The third-order valence-electron chi connectivity index (χ3n) is 17.6. The lowest BCUT2D eigenvalue weighted by atomic mass is 10.0. The molecule has 95 heavy (non-hydrogen) atoms. The second kappa shape index (κ2) is 66.6. The number of hydrogen-bond donors (Lipinski definition) is 3.